The highest BCUT2D eigenvalue weighted by Gasteiger charge is 2.25. The predicted octanol–water partition coefficient (Wildman–Crippen LogP) is 3.36. The average Bonchev–Trinajstić information content (AvgIpc) is 3.35. The number of hydrogen-bond donors (Lipinski definition) is 0. The summed E-state index contributed by atoms with van der Waals surface area (Å²) in [6.45, 7) is 7.25. The quantitative estimate of drug-likeness (QED) is 0.556. The van der Waals surface area contributed by atoms with Gasteiger partial charge >= 0.3 is 0 Å². The van der Waals surface area contributed by atoms with Crippen molar-refractivity contribution in [3.8, 4) is 12.3 Å². The van der Waals surface area contributed by atoms with Crippen LogP contribution in [0.4, 0.5) is 5.82 Å². The highest BCUT2D eigenvalue weighted by molar-refractivity contribution is 7.19. The second kappa shape index (κ2) is 8.91. The van der Waals surface area contributed by atoms with Gasteiger partial charge < -0.3 is 9.64 Å². The molecule has 0 amide bonds. The number of terminal acetylenes is 1. The molecule has 5 rings (SSSR count). The Bertz CT molecular complexity index is 1130. The van der Waals surface area contributed by atoms with Crippen LogP contribution in [0.3, 0.4) is 0 Å². The monoisotopic (exact) mass is 433 g/mol. The fourth-order valence-electron chi connectivity index (χ4n) is 4.48. The van der Waals surface area contributed by atoms with Crippen molar-refractivity contribution in [2.75, 3.05) is 37.7 Å². The van der Waals surface area contributed by atoms with Crippen LogP contribution in [0, 0.1) is 19.3 Å². The van der Waals surface area contributed by atoms with Crippen LogP contribution in [-0.2, 0) is 30.7 Å². The number of aromatic nitrogens is 3. The van der Waals surface area contributed by atoms with E-state index in [0.29, 0.717) is 13.1 Å². The molecular weight excluding hydrogens is 406 g/mol. The normalized spacial score (nSPS) is 16.4. The molecule has 1 aliphatic carbocycles. The van der Waals surface area contributed by atoms with E-state index in [4.69, 9.17) is 26.1 Å². The van der Waals surface area contributed by atoms with Gasteiger partial charge in [0.15, 0.2) is 0 Å². The average molecular weight is 434 g/mol. The first-order chi connectivity index (χ1) is 15.2. The summed E-state index contributed by atoms with van der Waals surface area (Å²) in [5, 5.41) is 1.20. The Morgan fingerprint density at radius 2 is 2.06 bits per heavy atom. The van der Waals surface area contributed by atoms with Crippen LogP contribution in [0.5, 0.6) is 0 Å². The van der Waals surface area contributed by atoms with Gasteiger partial charge in [-0.05, 0) is 43.9 Å². The molecule has 4 heterocycles. The van der Waals surface area contributed by atoms with Crippen molar-refractivity contribution in [1.29, 1.82) is 0 Å². The largest absolute Gasteiger partial charge is 0.379 e. The Morgan fingerprint density at radius 1 is 1.19 bits per heavy atom. The van der Waals surface area contributed by atoms with E-state index in [1.165, 1.54) is 22.2 Å². The fraction of sp³-hybridized carbons (Fsp3) is 0.458. The van der Waals surface area contributed by atoms with Crippen LogP contribution in [-0.4, -0.2) is 52.7 Å². The van der Waals surface area contributed by atoms with Gasteiger partial charge in [0.05, 0.1) is 43.9 Å². The van der Waals surface area contributed by atoms with E-state index in [1.54, 1.807) is 0 Å². The van der Waals surface area contributed by atoms with E-state index >= 15 is 0 Å². The van der Waals surface area contributed by atoms with Crippen molar-refractivity contribution < 1.29 is 4.74 Å². The maximum absolute atomic E-state index is 5.79. The number of anilines is 1. The lowest BCUT2D eigenvalue weighted by molar-refractivity contribution is 0.0331. The van der Waals surface area contributed by atoms with Gasteiger partial charge in [-0.15, -0.1) is 17.8 Å². The van der Waals surface area contributed by atoms with Crippen molar-refractivity contribution in [1.82, 2.24) is 19.9 Å². The first-order valence-electron chi connectivity index (χ1n) is 10.9. The van der Waals surface area contributed by atoms with Crippen LogP contribution >= 0.6 is 11.3 Å². The van der Waals surface area contributed by atoms with Gasteiger partial charge in [-0.25, -0.2) is 9.97 Å². The van der Waals surface area contributed by atoms with E-state index in [2.05, 4.69) is 21.8 Å². The molecule has 6 nitrogen and oxygen atoms in total. The van der Waals surface area contributed by atoms with E-state index in [-0.39, 0.29) is 0 Å². The minimum absolute atomic E-state index is 0.489. The molecule has 0 N–H and O–H groups in total. The molecule has 0 unspecified atom stereocenters. The summed E-state index contributed by atoms with van der Waals surface area (Å²) in [4.78, 5) is 21.9. The second-order valence-electron chi connectivity index (χ2n) is 8.22. The second-order valence-corrected chi connectivity index (χ2v) is 9.30. The highest BCUT2D eigenvalue weighted by Crippen LogP contribution is 2.41. The smallest absolute Gasteiger partial charge is 0.146 e. The number of aryl methyl sites for hydroxylation is 3. The lowest BCUT2D eigenvalue weighted by Gasteiger charge is -2.27. The molecule has 0 radical (unpaired) electrons. The van der Waals surface area contributed by atoms with Crippen molar-refractivity contribution in [3.05, 3.63) is 45.9 Å². The summed E-state index contributed by atoms with van der Waals surface area (Å²) in [7, 11) is 0. The summed E-state index contributed by atoms with van der Waals surface area (Å²) < 4.78 is 5.50. The van der Waals surface area contributed by atoms with Crippen LogP contribution in [0.1, 0.15) is 34.1 Å². The van der Waals surface area contributed by atoms with Gasteiger partial charge in [0, 0.05) is 23.7 Å². The zero-order chi connectivity index (χ0) is 21.2. The van der Waals surface area contributed by atoms with E-state index in [0.717, 1.165) is 73.6 Å². The van der Waals surface area contributed by atoms with Gasteiger partial charge in [-0.1, -0.05) is 12.0 Å². The summed E-state index contributed by atoms with van der Waals surface area (Å²) >= 11 is 1.83. The van der Waals surface area contributed by atoms with Gasteiger partial charge in [-0.3, -0.25) is 9.88 Å². The molecule has 3 aromatic rings. The number of thiophene rings is 1. The molecule has 0 atom stereocenters. The molecule has 1 saturated heterocycles. The minimum atomic E-state index is 0.489. The first-order valence-corrected chi connectivity index (χ1v) is 11.7. The highest BCUT2D eigenvalue weighted by atomic mass is 32.1. The Labute approximate surface area is 187 Å². The van der Waals surface area contributed by atoms with E-state index < -0.39 is 0 Å². The van der Waals surface area contributed by atoms with E-state index in [9.17, 15) is 0 Å². The fourth-order valence-corrected chi connectivity index (χ4v) is 5.75. The van der Waals surface area contributed by atoms with Crippen LogP contribution < -0.4 is 4.90 Å². The Kier molecular flexibility index (Phi) is 5.86. The zero-order valence-electron chi connectivity index (χ0n) is 17.9. The van der Waals surface area contributed by atoms with Gasteiger partial charge in [-0.2, -0.15) is 0 Å². The lowest BCUT2D eigenvalue weighted by Crippen LogP contribution is -2.36. The van der Waals surface area contributed by atoms with Crippen molar-refractivity contribution >= 4 is 27.4 Å². The lowest BCUT2D eigenvalue weighted by atomic mass is 10.1. The molecule has 2 aliphatic rings. The standard InChI is InChI=1S/C24H27N5OS/c1-3-10-29(15-18-7-4-6-17(2)25-18)23-22-19-8-5-9-20(19)31-24(22)27-21(26-23)16-28-11-13-30-14-12-28/h1,4,6-7H,5,8-16H2,2H3. The van der Waals surface area contributed by atoms with Crippen molar-refractivity contribution in [3.63, 3.8) is 0 Å². The van der Waals surface area contributed by atoms with Crippen molar-refractivity contribution in [2.24, 2.45) is 0 Å². The van der Waals surface area contributed by atoms with Gasteiger partial charge in [0.25, 0.3) is 0 Å². The number of hydrogen-bond acceptors (Lipinski definition) is 7. The maximum atomic E-state index is 5.79. The molecule has 0 saturated carbocycles. The topological polar surface area (TPSA) is 54.4 Å². The van der Waals surface area contributed by atoms with Crippen LogP contribution in [0.25, 0.3) is 10.2 Å². The Morgan fingerprint density at radius 3 is 2.87 bits per heavy atom. The van der Waals surface area contributed by atoms with Crippen molar-refractivity contribution in [2.45, 2.75) is 39.3 Å². The molecule has 31 heavy (non-hydrogen) atoms. The third kappa shape index (κ3) is 4.29. The predicted molar refractivity (Wildman–Crippen MR) is 124 cm³/mol. The summed E-state index contributed by atoms with van der Waals surface area (Å²) in [5.41, 5.74) is 3.44. The Hall–Kier alpha value is -2.53. The SMILES string of the molecule is C#CCN(Cc1cccc(C)n1)c1nc(CN2CCOCC2)nc2sc3c(c12)CCC3. The molecule has 160 valence electrons. The third-order valence-electron chi connectivity index (χ3n) is 5.94. The van der Waals surface area contributed by atoms with Crippen LogP contribution in [0.15, 0.2) is 18.2 Å². The first kappa shape index (κ1) is 20.4. The number of fused-ring (bicyclic) bond motifs is 3. The molecule has 0 bridgehead atoms. The van der Waals surface area contributed by atoms with E-state index in [1.807, 2.05) is 30.4 Å². The Balaban J connectivity index is 1.57. The summed E-state index contributed by atoms with van der Waals surface area (Å²) in [6, 6.07) is 6.12. The third-order valence-corrected chi connectivity index (χ3v) is 7.13. The van der Waals surface area contributed by atoms with Crippen LogP contribution in [0.2, 0.25) is 0 Å². The summed E-state index contributed by atoms with van der Waals surface area (Å²) in [6.07, 6.45) is 9.24. The molecule has 0 aromatic carbocycles. The molecule has 1 aliphatic heterocycles. The number of ether oxygens (including phenoxy) is 1. The molecule has 0 spiro atoms. The number of nitrogens with zero attached hydrogens (tertiary/aromatic N) is 5. The minimum Gasteiger partial charge on any atom is -0.379 e. The van der Waals surface area contributed by atoms with Gasteiger partial charge in [0.2, 0.25) is 0 Å². The molecule has 7 heteroatoms. The maximum Gasteiger partial charge on any atom is 0.146 e. The molecular formula is C24H27N5OS. The molecule has 1 fully saturated rings. The number of pyridine rings is 1. The zero-order valence-corrected chi connectivity index (χ0v) is 18.7. The number of morpholine rings is 1. The number of rotatable bonds is 6. The van der Waals surface area contributed by atoms with Gasteiger partial charge in [0.1, 0.15) is 16.5 Å². The molecule has 3 aromatic heterocycles. The summed E-state index contributed by atoms with van der Waals surface area (Å²) in [5.74, 6) is 4.67.